The number of rotatable bonds is 5. The minimum Gasteiger partial charge on any atom is -0.354 e. The van der Waals surface area contributed by atoms with E-state index in [1.54, 1.807) is 12.1 Å². The second-order valence-corrected chi connectivity index (χ2v) is 11.7. The van der Waals surface area contributed by atoms with Gasteiger partial charge in [0.2, 0.25) is 15.9 Å². The van der Waals surface area contributed by atoms with Gasteiger partial charge in [0.1, 0.15) is 0 Å². The standard InChI is InChI=1S/C27H33N3O3S/c1-18-6-3-4-8-24(18)26-16-21-11-14-23(17-25(21)28-26)34(32,33)29-22-12-9-20(10-13-22)27(31)30-15-5-7-19(30)2/h3-4,6,8,11,14,16-17,19-20,22,28-29H,5,7,9-10,12-13,15H2,1-2H3/t19-,20-,22-/m1/s1. The third-order valence-electron chi connectivity index (χ3n) is 7.57. The van der Waals surface area contributed by atoms with Crippen molar-refractivity contribution in [1.29, 1.82) is 0 Å². The molecule has 0 bridgehead atoms. The Balaban J connectivity index is 1.26. The molecule has 5 rings (SSSR count). The molecule has 7 heteroatoms. The van der Waals surface area contributed by atoms with Crippen molar-refractivity contribution in [3.05, 3.63) is 54.1 Å². The van der Waals surface area contributed by atoms with Crippen molar-refractivity contribution in [3.8, 4) is 11.3 Å². The number of nitrogens with zero attached hydrogens (tertiary/aromatic N) is 1. The van der Waals surface area contributed by atoms with Crippen molar-refractivity contribution in [3.63, 3.8) is 0 Å². The average molecular weight is 480 g/mol. The van der Waals surface area contributed by atoms with Crippen LogP contribution in [0.15, 0.2) is 53.4 Å². The lowest BCUT2D eigenvalue weighted by atomic mass is 9.85. The Morgan fingerprint density at radius 3 is 2.50 bits per heavy atom. The summed E-state index contributed by atoms with van der Waals surface area (Å²) in [7, 11) is -3.64. The summed E-state index contributed by atoms with van der Waals surface area (Å²) in [5, 5.41) is 0.979. The summed E-state index contributed by atoms with van der Waals surface area (Å²) >= 11 is 0. The zero-order valence-corrected chi connectivity index (χ0v) is 20.7. The Morgan fingerprint density at radius 1 is 1.03 bits per heavy atom. The highest BCUT2D eigenvalue weighted by Gasteiger charge is 2.34. The van der Waals surface area contributed by atoms with Crippen LogP contribution in [0.25, 0.3) is 22.2 Å². The molecular weight excluding hydrogens is 446 g/mol. The molecule has 2 aromatic carbocycles. The van der Waals surface area contributed by atoms with Gasteiger partial charge in [-0.05, 0) is 76.1 Å². The van der Waals surface area contributed by atoms with Crippen LogP contribution >= 0.6 is 0 Å². The van der Waals surface area contributed by atoms with Crippen molar-refractivity contribution in [2.45, 2.75) is 69.4 Å². The van der Waals surface area contributed by atoms with Gasteiger partial charge in [-0.1, -0.05) is 30.3 Å². The predicted molar refractivity (Wildman–Crippen MR) is 135 cm³/mol. The second-order valence-electron chi connectivity index (χ2n) is 9.94. The van der Waals surface area contributed by atoms with E-state index in [0.717, 1.165) is 60.0 Å². The Morgan fingerprint density at radius 2 is 1.79 bits per heavy atom. The smallest absolute Gasteiger partial charge is 0.240 e. The molecule has 1 saturated heterocycles. The number of aromatic nitrogens is 1. The SMILES string of the molecule is Cc1ccccc1-c1cc2ccc(S(=O)(=O)N[C@H]3CC[C@H](C(=O)N4CCC[C@H]4C)CC3)cc2[nH]1. The van der Waals surface area contributed by atoms with Crippen LogP contribution in [0.2, 0.25) is 0 Å². The molecule has 2 N–H and O–H groups in total. The number of hydrogen-bond donors (Lipinski definition) is 2. The van der Waals surface area contributed by atoms with Gasteiger partial charge < -0.3 is 9.88 Å². The Kier molecular flexibility index (Phi) is 6.25. The molecule has 34 heavy (non-hydrogen) atoms. The normalized spacial score (nSPS) is 23.5. The Hall–Kier alpha value is -2.64. The van der Waals surface area contributed by atoms with Gasteiger partial charge in [0, 0.05) is 46.7 Å². The maximum absolute atomic E-state index is 13.1. The van der Waals surface area contributed by atoms with E-state index in [2.05, 4.69) is 41.8 Å². The fourth-order valence-electron chi connectivity index (χ4n) is 5.53. The number of carbonyl (C=O) groups is 1. The van der Waals surface area contributed by atoms with E-state index < -0.39 is 10.0 Å². The van der Waals surface area contributed by atoms with E-state index in [1.165, 1.54) is 0 Å². The minimum atomic E-state index is -3.64. The first-order valence-electron chi connectivity index (χ1n) is 12.3. The molecule has 1 atom stereocenters. The quantitative estimate of drug-likeness (QED) is 0.541. The van der Waals surface area contributed by atoms with Crippen LogP contribution < -0.4 is 4.72 Å². The van der Waals surface area contributed by atoms with Gasteiger partial charge in [-0.2, -0.15) is 0 Å². The largest absolute Gasteiger partial charge is 0.354 e. The molecule has 0 spiro atoms. The van der Waals surface area contributed by atoms with Crippen molar-refractivity contribution in [1.82, 2.24) is 14.6 Å². The first-order chi connectivity index (χ1) is 16.3. The number of aryl methyl sites for hydroxylation is 1. The highest BCUT2D eigenvalue weighted by atomic mass is 32.2. The molecule has 2 aliphatic rings. The topological polar surface area (TPSA) is 82.3 Å². The lowest BCUT2D eigenvalue weighted by Gasteiger charge is -2.32. The maximum atomic E-state index is 13.1. The van der Waals surface area contributed by atoms with E-state index in [4.69, 9.17) is 0 Å². The van der Waals surface area contributed by atoms with E-state index in [9.17, 15) is 13.2 Å². The van der Waals surface area contributed by atoms with Crippen LogP contribution in [0.1, 0.15) is 51.0 Å². The highest BCUT2D eigenvalue weighted by molar-refractivity contribution is 7.89. The van der Waals surface area contributed by atoms with Gasteiger partial charge >= 0.3 is 0 Å². The molecule has 1 aliphatic carbocycles. The number of benzene rings is 2. The van der Waals surface area contributed by atoms with Crippen LogP contribution in [0, 0.1) is 12.8 Å². The van der Waals surface area contributed by atoms with Crippen LogP contribution in [-0.2, 0) is 14.8 Å². The fourth-order valence-corrected chi connectivity index (χ4v) is 6.87. The molecule has 6 nitrogen and oxygen atoms in total. The number of aromatic amines is 1. The lowest BCUT2D eigenvalue weighted by molar-refractivity contribution is -0.137. The molecule has 1 amide bonds. The predicted octanol–water partition coefficient (Wildman–Crippen LogP) is 4.99. The van der Waals surface area contributed by atoms with E-state index in [0.29, 0.717) is 18.9 Å². The summed E-state index contributed by atoms with van der Waals surface area (Å²) in [6.45, 7) is 5.05. The fraction of sp³-hybridized carbons (Fsp3) is 0.444. The van der Waals surface area contributed by atoms with Crippen LogP contribution in [-0.4, -0.2) is 42.8 Å². The second kappa shape index (κ2) is 9.19. The summed E-state index contributed by atoms with van der Waals surface area (Å²) in [5.41, 5.74) is 4.05. The molecular formula is C27H33N3O3S. The molecule has 1 aliphatic heterocycles. The van der Waals surface area contributed by atoms with E-state index >= 15 is 0 Å². The van der Waals surface area contributed by atoms with Crippen molar-refractivity contribution in [2.75, 3.05) is 6.54 Å². The summed E-state index contributed by atoms with van der Waals surface area (Å²) in [5.74, 6) is 0.282. The summed E-state index contributed by atoms with van der Waals surface area (Å²) in [4.78, 5) is 18.5. The van der Waals surface area contributed by atoms with Crippen molar-refractivity contribution >= 4 is 26.8 Å². The summed E-state index contributed by atoms with van der Waals surface area (Å²) < 4.78 is 29.2. The Bertz CT molecular complexity index is 1310. The number of sulfonamides is 1. The molecule has 1 saturated carbocycles. The van der Waals surface area contributed by atoms with Gasteiger partial charge in [-0.15, -0.1) is 0 Å². The van der Waals surface area contributed by atoms with Gasteiger partial charge in [0.25, 0.3) is 0 Å². The number of hydrogen-bond acceptors (Lipinski definition) is 3. The van der Waals surface area contributed by atoms with Crippen molar-refractivity contribution in [2.24, 2.45) is 5.92 Å². The monoisotopic (exact) mass is 479 g/mol. The highest BCUT2D eigenvalue weighted by Crippen LogP contribution is 2.31. The Labute approximate surface area is 201 Å². The van der Waals surface area contributed by atoms with Crippen LogP contribution in [0.3, 0.4) is 0 Å². The van der Waals surface area contributed by atoms with Crippen molar-refractivity contribution < 1.29 is 13.2 Å². The number of amides is 1. The number of H-pyrrole nitrogens is 1. The number of fused-ring (bicyclic) bond motifs is 1. The van der Waals surface area contributed by atoms with Gasteiger partial charge in [-0.25, -0.2) is 13.1 Å². The van der Waals surface area contributed by atoms with Gasteiger partial charge in [0.05, 0.1) is 4.90 Å². The first-order valence-corrected chi connectivity index (χ1v) is 13.8. The number of carbonyl (C=O) groups excluding carboxylic acids is 1. The maximum Gasteiger partial charge on any atom is 0.240 e. The molecule has 3 aromatic rings. The summed E-state index contributed by atoms with van der Waals surface area (Å²) in [6, 6.07) is 15.6. The van der Waals surface area contributed by atoms with Crippen LogP contribution in [0.5, 0.6) is 0 Å². The van der Waals surface area contributed by atoms with Gasteiger partial charge in [-0.3, -0.25) is 4.79 Å². The lowest BCUT2D eigenvalue weighted by Crippen LogP contribution is -2.43. The molecule has 0 unspecified atom stereocenters. The average Bonchev–Trinajstić information content (AvgIpc) is 3.44. The number of likely N-dealkylation sites (tertiary alicyclic amines) is 1. The zero-order chi connectivity index (χ0) is 23.9. The molecule has 1 aromatic heterocycles. The van der Waals surface area contributed by atoms with E-state index in [1.807, 2.05) is 23.1 Å². The summed E-state index contributed by atoms with van der Waals surface area (Å²) in [6.07, 6.45) is 5.04. The third kappa shape index (κ3) is 4.51. The van der Waals surface area contributed by atoms with E-state index in [-0.39, 0.29) is 22.8 Å². The van der Waals surface area contributed by atoms with Gasteiger partial charge in [0.15, 0.2) is 0 Å². The molecule has 2 fully saturated rings. The number of nitrogens with one attached hydrogen (secondary N) is 2. The third-order valence-corrected chi connectivity index (χ3v) is 9.09. The first kappa shape index (κ1) is 23.1. The minimum absolute atomic E-state index is 0.0245. The van der Waals surface area contributed by atoms with Crippen LogP contribution in [0.4, 0.5) is 0 Å². The molecule has 0 radical (unpaired) electrons. The molecule has 2 heterocycles. The molecule has 180 valence electrons. The zero-order valence-electron chi connectivity index (χ0n) is 19.9.